The SMILES string of the molecule is CCCN=C(NN)NCCCCN(C)C(C)C. The topological polar surface area (TPSA) is 65.7 Å². The molecule has 0 atom stereocenters. The molecule has 0 rings (SSSR count). The number of nitrogens with zero attached hydrogens (tertiary/aromatic N) is 2. The molecule has 5 nitrogen and oxygen atoms in total. The Morgan fingerprint density at radius 2 is 2.06 bits per heavy atom. The second kappa shape index (κ2) is 10.4. The maximum Gasteiger partial charge on any atom is 0.205 e. The van der Waals surface area contributed by atoms with Crippen LogP contribution in [0.15, 0.2) is 4.99 Å². The molecule has 0 aromatic rings. The van der Waals surface area contributed by atoms with E-state index in [4.69, 9.17) is 5.84 Å². The maximum atomic E-state index is 5.36. The molecule has 0 aliphatic carbocycles. The summed E-state index contributed by atoms with van der Waals surface area (Å²) in [6.45, 7) is 9.38. The van der Waals surface area contributed by atoms with Gasteiger partial charge in [-0.25, -0.2) is 5.84 Å². The molecule has 0 aromatic heterocycles. The highest BCUT2D eigenvalue weighted by atomic mass is 15.3. The fourth-order valence-electron chi connectivity index (χ4n) is 1.33. The van der Waals surface area contributed by atoms with E-state index in [1.54, 1.807) is 0 Å². The number of hydrogen-bond acceptors (Lipinski definition) is 3. The number of aliphatic imine (C=N–C) groups is 1. The number of nitrogens with two attached hydrogens (primary N) is 1. The molecule has 5 heteroatoms. The first-order chi connectivity index (χ1) is 8.11. The van der Waals surface area contributed by atoms with Crippen molar-refractivity contribution in [1.82, 2.24) is 15.6 Å². The van der Waals surface area contributed by atoms with Crippen molar-refractivity contribution in [3.8, 4) is 0 Å². The zero-order valence-corrected chi connectivity index (χ0v) is 11.8. The summed E-state index contributed by atoms with van der Waals surface area (Å²) in [5, 5.41) is 3.20. The van der Waals surface area contributed by atoms with E-state index in [-0.39, 0.29) is 0 Å². The molecule has 0 aliphatic rings. The molecule has 0 unspecified atom stereocenters. The third-order valence-electron chi connectivity index (χ3n) is 2.74. The molecule has 0 aromatic carbocycles. The highest BCUT2D eigenvalue weighted by molar-refractivity contribution is 5.79. The van der Waals surface area contributed by atoms with Gasteiger partial charge in [0.1, 0.15) is 0 Å². The number of hydrazine groups is 1. The van der Waals surface area contributed by atoms with Gasteiger partial charge in [-0.2, -0.15) is 0 Å². The molecule has 0 fully saturated rings. The second-order valence-corrected chi connectivity index (χ2v) is 4.58. The summed E-state index contributed by atoms with van der Waals surface area (Å²) in [5.41, 5.74) is 2.58. The Morgan fingerprint density at radius 3 is 2.59 bits per heavy atom. The minimum atomic E-state index is 0.621. The van der Waals surface area contributed by atoms with Gasteiger partial charge in [0.2, 0.25) is 5.96 Å². The Bertz CT molecular complexity index is 203. The van der Waals surface area contributed by atoms with Crippen molar-refractivity contribution in [3.63, 3.8) is 0 Å². The first-order valence-electron chi connectivity index (χ1n) is 6.57. The normalized spacial score (nSPS) is 12.3. The Morgan fingerprint density at radius 1 is 1.35 bits per heavy atom. The summed E-state index contributed by atoms with van der Waals surface area (Å²) in [6, 6.07) is 0.621. The predicted octanol–water partition coefficient (Wildman–Crippen LogP) is 0.926. The van der Waals surface area contributed by atoms with Crippen LogP contribution in [0.4, 0.5) is 0 Å². The van der Waals surface area contributed by atoms with E-state index in [0.29, 0.717) is 12.0 Å². The number of nitrogens with one attached hydrogen (secondary N) is 2. The van der Waals surface area contributed by atoms with E-state index in [1.165, 1.54) is 6.42 Å². The lowest BCUT2D eigenvalue weighted by Crippen LogP contribution is -2.42. The number of hydrogen-bond donors (Lipinski definition) is 3. The van der Waals surface area contributed by atoms with Crippen LogP contribution < -0.4 is 16.6 Å². The van der Waals surface area contributed by atoms with Crippen LogP contribution >= 0.6 is 0 Å². The van der Waals surface area contributed by atoms with Crippen molar-refractivity contribution in [3.05, 3.63) is 0 Å². The van der Waals surface area contributed by atoms with Gasteiger partial charge >= 0.3 is 0 Å². The molecule has 17 heavy (non-hydrogen) atoms. The Kier molecular flexibility index (Phi) is 9.86. The van der Waals surface area contributed by atoms with E-state index >= 15 is 0 Å². The summed E-state index contributed by atoms with van der Waals surface area (Å²) in [4.78, 5) is 6.64. The average molecular weight is 243 g/mol. The average Bonchev–Trinajstić information content (AvgIpc) is 2.32. The van der Waals surface area contributed by atoms with Crippen molar-refractivity contribution in [2.24, 2.45) is 10.8 Å². The fraction of sp³-hybridized carbons (Fsp3) is 0.917. The molecule has 0 heterocycles. The van der Waals surface area contributed by atoms with E-state index in [1.807, 2.05) is 0 Å². The van der Waals surface area contributed by atoms with Crippen LogP contribution in [0, 0.1) is 0 Å². The van der Waals surface area contributed by atoms with Crippen LogP contribution in [0.1, 0.15) is 40.0 Å². The number of guanidine groups is 1. The zero-order valence-electron chi connectivity index (χ0n) is 11.8. The van der Waals surface area contributed by atoms with Crippen LogP contribution in [-0.4, -0.2) is 43.6 Å². The number of rotatable bonds is 8. The standard InChI is InChI=1S/C12H29N5/c1-5-8-14-12(16-13)15-9-6-7-10-17(4)11(2)3/h11H,5-10,13H2,1-4H3,(H2,14,15,16). The fourth-order valence-corrected chi connectivity index (χ4v) is 1.33. The third kappa shape index (κ3) is 8.94. The van der Waals surface area contributed by atoms with E-state index < -0.39 is 0 Å². The van der Waals surface area contributed by atoms with Gasteiger partial charge in [-0.05, 0) is 46.7 Å². The quantitative estimate of drug-likeness (QED) is 0.195. The molecular weight excluding hydrogens is 214 g/mol. The van der Waals surface area contributed by atoms with Gasteiger partial charge in [0.15, 0.2) is 0 Å². The monoisotopic (exact) mass is 243 g/mol. The van der Waals surface area contributed by atoms with Crippen molar-refractivity contribution in [2.45, 2.75) is 46.1 Å². The molecule has 0 spiro atoms. The molecule has 4 N–H and O–H groups in total. The molecule has 0 aliphatic heterocycles. The Hall–Kier alpha value is -0.810. The minimum Gasteiger partial charge on any atom is -0.355 e. The molecular formula is C12H29N5. The van der Waals surface area contributed by atoms with E-state index in [2.05, 4.69) is 48.5 Å². The minimum absolute atomic E-state index is 0.621. The summed E-state index contributed by atoms with van der Waals surface area (Å²) in [5.74, 6) is 6.06. The summed E-state index contributed by atoms with van der Waals surface area (Å²) < 4.78 is 0. The first-order valence-corrected chi connectivity index (χ1v) is 6.57. The smallest absolute Gasteiger partial charge is 0.205 e. The van der Waals surface area contributed by atoms with Crippen LogP contribution in [0.2, 0.25) is 0 Å². The highest BCUT2D eigenvalue weighted by Gasteiger charge is 2.01. The van der Waals surface area contributed by atoms with Gasteiger partial charge in [0.05, 0.1) is 0 Å². The number of unbranched alkanes of at least 4 members (excludes halogenated alkanes) is 1. The van der Waals surface area contributed by atoms with Crippen molar-refractivity contribution in [2.75, 3.05) is 26.7 Å². The van der Waals surface area contributed by atoms with Gasteiger partial charge in [-0.3, -0.25) is 10.4 Å². The highest BCUT2D eigenvalue weighted by Crippen LogP contribution is 1.97. The van der Waals surface area contributed by atoms with Gasteiger partial charge in [-0.1, -0.05) is 6.92 Å². The maximum absolute atomic E-state index is 5.36. The first kappa shape index (κ1) is 16.2. The third-order valence-corrected chi connectivity index (χ3v) is 2.74. The molecule has 0 saturated heterocycles. The lowest BCUT2D eigenvalue weighted by molar-refractivity contribution is 0.268. The van der Waals surface area contributed by atoms with Crippen molar-refractivity contribution >= 4 is 5.96 Å². The lowest BCUT2D eigenvalue weighted by atomic mass is 10.2. The van der Waals surface area contributed by atoms with Crippen molar-refractivity contribution in [1.29, 1.82) is 0 Å². The van der Waals surface area contributed by atoms with E-state index in [9.17, 15) is 0 Å². The molecule has 0 amide bonds. The lowest BCUT2D eigenvalue weighted by Gasteiger charge is -2.20. The van der Waals surface area contributed by atoms with Crippen LogP contribution in [-0.2, 0) is 0 Å². The van der Waals surface area contributed by atoms with Gasteiger partial charge in [-0.15, -0.1) is 0 Å². The van der Waals surface area contributed by atoms with Crippen LogP contribution in [0.25, 0.3) is 0 Å². The largest absolute Gasteiger partial charge is 0.355 e. The molecule has 0 saturated carbocycles. The summed E-state index contributed by atoms with van der Waals surface area (Å²) in [6.07, 6.45) is 3.35. The van der Waals surface area contributed by atoms with E-state index in [0.717, 1.165) is 32.5 Å². The summed E-state index contributed by atoms with van der Waals surface area (Å²) >= 11 is 0. The van der Waals surface area contributed by atoms with Crippen LogP contribution in [0.3, 0.4) is 0 Å². The molecule has 0 radical (unpaired) electrons. The second-order valence-electron chi connectivity index (χ2n) is 4.58. The Balaban J connectivity index is 3.55. The molecule has 0 bridgehead atoms. The Labute approximate surface area is 106 Å². The van der Waals surface area contributed by atoms with Crippen molar-refractivity contribution < 1.29 is 0 Å². The van der Waals surface area contributed by atoms with Gasteiger partial charge in [0, 0.05) is 19.1 Å². The predicted molar refractivity (Wildman–Crippen MR) is 74.9 cm³/mol. The van der Waals surface area contributed by atoms with Crippen LogP contribution in [0.5, 0.6) is 0 Å². The summed E-state index contributed by atoms with van der Waals surface area (Å²) in [7, 11) is 2.16. The zero-order chi connectivity index (χ0) is 13.1. The van der Waals surface area contributed by atoms with Gasteiger partial charge < -0.3 is 10.2 Å². The molecule has 102 valence electrons. The van der Waals surface area contributed by atoms with Gasteiger partial charge in [0.25, 0.3) is 0 Å².